The maximum Gasteiger partial charge on any atom is 0.119 e. The lowest BCUT2D eigenvalue weighted by molar-refractivity contribution is -0.00000466. The summed E-state index contributed by atoms with van der Waals surface area (Å²) < 4.78 is 5.72. The van der Waals surface area contributed by atoms with E-state index in [9.17, 15) is 0 Å². The van der Waals surface area contributed by atoms with Crippen molar-refractivity contribution in [1.29, 1.82) is 0 Å². The lowest BCUT2D eigenvalue weighted by Gasteiger charge is -2.06. The summed E-state index contributed by atoms with van der Waals surface area (Å²) in [5.41, 5.74) is 1.29. The first-order chi connectivity index (χ1) is 9.33. The van der Waals surface area contributed by atoms with Gasteiger partial charge in [-0.25, -0.2) is 0 Å². The number of benzene rings is 1. The third-order valence-electron chi connectivity index (χ3n) is 3.54. The summed E-state index contributed by atoms with van der Waals surface area (Å²) in [6.45, 7) is 5.23. The number of aryl methyl sites for hydroxylation is 1. The van der Waals surface area contributed by atoms with Gasteiger partial charge in [-0.15, -0.1) is 0 Å². The molecular weight excluding hydrogens is 359 g/mol. The van der Waals surface area contributed by atoms with Crippen LogP contribution in [0.5, 0.6) is 5.75 Å². The van der Waals surface area contributed by atoms with Crippen LogP contribution in [0, 0.1) is 6.92 Å². The first-order valence-corrected chi connectivity index (χ1v) is 8.02. The molecule has 116 valence electrons. The molecule has 0 radical (unpaired) electrons. The number of unbranched alkanes of at least 4 members (excludes halogenated alkanes) is 8. The van der Waals surface area contributed by atoms with Crippen molar-refractivity contribution in [3.63, 3.8) is 0 Å². The molecule has 0 heterocycles. The van der Waals surface area contributed by atoms with Gasteiger partial charge in [-0.05, 0) is 25.5 Å². The number of rotatable bonds is 11. The number of halogens is 1. The molecule has 1 aromatic carbocycles. The zero-order chi connectivity index (χ0) is 13.8. The monoisotopic (exact) mass is 389 g/mol. The molecule has 20 heavy (non-hydrogen) atoms. The summed E-state index contributed by atoms with van der Waals surface area (Å²) in [7, 11) is 0. The summed E-state index contributed by atoms with van der Waals surface area (Å²) in [6.07, 6.45) is 12.3. The molecule has 1 rings (SSSR count). The molecule has 0 bridgehead atoms. The van der Waals surface area contributed by atoms with E-state index in [1.165, 1.54) is 63.4 Å². The van der Waals surface area contributed by atoms with Gasteiger partial charge >= 0.3 is 0 Å². The first kappa shape index (κ1) is 19.8. The van der Waals surface area contributed by atoms with Crippen LogP contribution in [0.15, 0.2) is 24.3 Å². The van der Waals surface area contributed by atoms with Crippen LogP contribution in [-0.4, -0.2) is 6.61 Å². The molecule has 0 aromatic heterocycles. The average Bonchev–Trinajstić information content (AvgIpc) is 2.43. The van der Waals surface area contributed by atoms with Gasteiger partial charge in [-0.3, -0.25) is 0 Å². The minimum atomic E-state index is 0. The molecule has 1 aromatic rings. The maximum absolute atomic E-state index is 5.72. The summed E-state index contributed by atoms with van der Waals surface area (Å²) in [5.74, 6) is 1.00. The third kappa shape index (κ3) is 10.5. The quantitative estimate of drug-likeness (QED) is 0.418. The molecule has 0 aliphatic carbocycles. The molecule has 0 N–H and O–H groups in total. The third-order valence-corrected chi connectivity index (χ3v) is 3.54. The standard InChI is InChI=1S/C18H30O.HI/c1-3-4-5-6-7-8-9-10-11-16-19-18-14-12-17(2)13-15-18;/h12-15H,3-11,16H2,1-2H3;1H/p-1. The van der Waals surface area contributed by atoms with Gasteiger partial charge in [0.2, 0.25) is 0 Å². The van der Waals surface area contributed by atoms with Crippen molar-refractivity contribution in [2.45, 2.75) is 71.6 Å². The Bertz CT molecular complexity index is 308. The van der Waals surface area contributed by atoms with Crippen LogP contribution in [-0.2, 0) is 0 Å². The highest BCUT2D eigenvalue weighted by Crippen LogP contribution is 2.13. The SMILES string of the molecule is CCCCCCCCCCCOc1ccc(C)cc1.[I-]. The topological polar surface area (TPSA) is 9.23 Å². The van der Waals surface area contributed by atoms with Crippen LogP contribution in [0.25, 0.3) is 0 Å². The molecule has 0 aliphatic heterocycles. The Morgan fingerprint density at radius 2 is 1.25 bits per heavy atom. The van der Waals surface area contributed by atoms with Crippen LogP contribution in [0.1, 0.15) is 70.3 Å². The van der Waals surface area contributed by atoms with Crippen molar-refractivity contribution in [2.24, 2.45) is 0 Å². The number of ether oxygens (including phenoxy) is 1. The van der Waals surface area contributed by atoms with Crippen LogP contribution >= 0.6 is 0 Å². The Hall–Kier alpha value is -0.250. The molecule has 0 spiro atoms. The predicted octanol–water partition coefficient (Wildman–Crippen LogP) is 2.91. The van der Waals surface area contributed by atoms with Gasteiger partial charge in [0.05, 0.1) is 6.61 Å². The minimum Gasteiger partial charge on any atom is -1.00 e. The molecule has 0 aliphatic rings. The molecule has 0 atom stereocenters. The van der Waals surface area contributed by atoms with Crippen molar-refractivity contribution >= 4 is 0 Å². The molecule has 1 nitrogen and oxygen atoms in total. The maximum atomic E-state index is 5.72. The highest BCUT2D eigenvalue weighted by atomic mass is 127. The van der Waals surface area contributed by atoms with Crippen molar-refractivity contribution < 1.29 is 28.7 Å². The minimum absolute atomic E-state index is 0. The van der Waals surface area contributed by atoms with E-state index in [4.69, 9.17) is 4.74 Å². The molecule has 0 amide bonds. The highest BCUT2D eigenvalue weighted by molar-refractivity contribution is 5.26. The Balaban J connectivity index is 0.00000361. The fourth-order valence-corrected chi connectivity index (χ4v) is 2.24. The normalized spacial score (nSPS) is 10.1. The predicted molar refractivity (Wildman–Crippen MR) is 83.9 cm³/mol. The highest BCUT2D eigenvalue weighted by Gasteiger charge is 1.94. The Morgan fingerprint density at radius 3 is 1.80 bits per heavy atom. The van der Waals surface area contributed by atoms with Crippen LogP contribution in [0.2, 0.25) is 0 Å². The first-order valence-electron chi connectivity index (χ1n) is 8.02. The largest absolute Gasteiger partial charge is 1.00 e. The van der Waals surface area contributed by atoms with Gasteiger partial charge in [-0.1, -0.05) is 76.0 Å². The van der Waals surface area contributed by atoms with Crippen LogP contribution in [0.4, 0.5) is 0 Å². The van der Waals surface area contributed by atoms with E-state index in [1.807, 2.05) is 0 Å². The molecule has 2 heteroatoms. The zero-order valence-electron chi connectivity index (χ0n) is 13.2. The van der Waals surface area contributed by atoms with E-state index in [0.717, 1.165) is 12.4 Å². The van der Waals surface area contributed by atoms with E-state index in [-0.39, 0.29) is 24.0 Å². The lowest BCUT2D eigenvalue weighted by Crippen LogP contribution is -3.00. The van der Waals surface area contributed by atoms with Crippen molar-refractivity contribution in [1.82, 2.24) is 0 Å². The fraction of sp³-hybridized carbons (Fsp3) is 0.667. The van der Waals surface area contributed by atoms with Gasteiger partial charge in [0, 0.05) is 0 Å². The van der Waals surface area contributed by atoms with Gasteiger partial charge < -0.3 is 28.7 Å². The summed E-state index contributed by atoms with van der Waals surface area (Å²) >= 11 is 0. The summed E-state index contributed by atoms with van der Waals surface area (Å²) in [5, 5.41) is 0. The van der Waals surface area contributed by atoms with E-state index in [0.29, 0.717) is 0 Å². The molecule has 0 fully saturated rings. The fourth-order valence-electron chi connectivity index (χ4n) is 2.24. The number of hydrogen-bond donors (Lipinski definition) is 0. The summed E-state index contributed by atoms with van der Waals surface area (Å²) in [6, 6.07) is 8.32. The van der Waals surface area contributed by atoms with Gasteiger partial charge in [0.1, 0.15) is 5.75 Å². The van der Waals surface area contributed by atoms with Gasteiger partial charge in [0.25, 0.3) is 0 Å². The van der Waals surface area contributed by atoms with Crippen molar-refractivity contribution in [3.05, 3.63) is 29.8 Å². The molecule has 0 unspecified atom stereocenters. The number of hydrogen-bond acceptors (Lipinski definition) is 1. The lowest BCUT2D eigenvalue weighted by atomic mass is 10.1. The summed E-state index contributed by atoms with van der Waals surface area (Å²) in [4.78, 5) is 0. The van der Waals surface area contributed by atoms with E-state index in [2.05, 4.69) is 38.1 Å². The average molecular weight is 389 g/mol. The Labute approximate surface area is 142 Å². The van der Waals surface area contributed by atoms with Crippen LogP contribution < -0.4 is 28.7 Å². The van der Waals surface area contributed by atoms with E-state index >= 15 is 0 Å². The second-order valence-electron chi connectivity index (χ2n) is 5.49. The Kier molecular flexibility index (Phi) is 13.5. The second kappa shape index (κ2) is 13.7. The van der Waals surface area contributed by atoms with Crippen molar-refractivity contribution in [3.8, 4) is 5.75 Å². The van der Waals surface area contributed by atoms with Gasteiger partial charge in [-0.2, -0.15) is 0 Å². The van der Waals surface area contributed by atoms with E-state index in [1.54, 1.807) is 0 Å². The smallest absolute Gasteiger partial charge is 0.119 e. The molecule has 0 saturated carbocycles. The van der Waals surface area contributed by atoms with Gasteiger partial charge in [0.15, 0.2) is 0 Å². The second-order valence-corrected chi connectivity index (χ2v) is 5.49. The molecular formula is C18H30IO-. The van der Waals surface area contributed by atoms with E-state index < -0.39 is 0 Å². The molecule has 0 saturated heterocycles. The zero-order valence-corrected chi connectivity index (χ0v) is 15.3. The van der Waals surface area contributed by atoms with Crippen molar-refractivity contribution in [2.75, 3.05) is 6.61 Å². The van der Waals surface area contributed by atoms with Crippen LogP contribution in [0.3, 0.4) is 0 Å². The Morgan fingerprint density at radius 1 is 0.750 bits per heavy atom.